The molecule has 0 radical (unpaired) electrons. The number of carbonyl (C=O) groups is 1. The normalized spacial score (nSPS) is 24.2. The highest BCUT2D eigenvalue weighted by atomic mass is 19.4. The van der Waals surface area contributed by atoms with Crippen LogP contribution in [-0.2, 0) is 13.1 Å². The van der Waals surface area contributed by atoms with E-state index in [0.29, 0.717) is 6.04 Å². The smallest absolute Gasteiger partial charge is 0.334 e. The molecule has 1 aromatic heterocycles. The van der Waals surface area contributed by atoms with Crippen LogP contribution in [0.15, 0.2) is 12.4 Å². The quantitative estimate of drug-likeness (QED) is 0.897. The Morgan fingerprint density at radius 2 is 2.16 bits per heavy atom. The number of hydrogen-bond acceptors (Lipinski definition) is 3. The molecule has 0 bridgehead atoms. The van der Waals surface area contributed by atoms with E-state index in [9.17, 15) is 18.0 Å². The average molecular weight is 359 g/mol. The SMILES string of the molecule is CN(Cc1nccn1CC(F)(F)F)C(=O)N[C@H]1CCN2CCCC[C@H]12. The molecule has 3 rings (SSSR count). The van der Waals surface area contributed by atoms with E-state index in [0.717, 1.165) is 30.5 Å². The van der Waals surface area contributed by atoms with Gasteiger partial charge in [0.2, 0.25) is 0 Å². The molecule has 2 amide bonds. The molecule has 1 aromatic rings. The van der Waals surface area contributed by atoms with E-state index < -0.39 is 12.7 Å². The molecule has 0 saturated carbocycles. The van der Waals surface area contributed by atoms with Crippen molar-refractivity contribution in [2.24, 2.45) is 0 Å². The van der Waals surface area contributed by atoms with Crippen molar-refractivity contribution in [1.82, 2.24) is 24.7 Å². The van der Waals surface area contributed by atoms with Gasteiger partial charge in [-0.05, 0) is 25.8 Å². The molecule has 3 heterocycles. The Hall–Kier alpha value is -1.77. The maximum Gasteiger partial charge on any atom is 0.406 e. The standard InChI is InChI=1S/C16H24F3N5O/c1-22(10-14-20-6-9-24(14)11-16(17,18)19)15(25)21-12-5-8-23-7-3-2-4-13(12)23/h6,9,12-13H,2-5,7-8,10-11H2,1H3,(H,21,25)/t12-,13+/m0/s1. The highest BCUT2D eigenvalue weighted by Crippen LogP contribution is 2.27. The fourth-order valence-electron chi connectivity index (χ4n) is 3.80. The Bertz CT molecular complexity index is 603. The van der Waals surface area contributed by atoms with Crippen LogP contribution in [0.25, 0.3) is 0 Å². The van der Waals surface area contributed by atoms with Crippen molar-refractivity contribution in [3.05, 3.63) is 18.2 Å². The Labute approximate surface area is 145 Å². The Morgan fingerprint density at radius 1 is 1.36 bits per heavy atom. The lowest BCUT2D eigenvalue weighted by Gasteiger charge is -2.33. The zero-order chi connectivity index (χ0) is 18.0. The van der Waals surface area contributed by atoms with Crippen molar-refractivity contribution in [3.63, 3.8) is 0 Å². The third-order valence-electron chi connectivity index (χ3n) is 5.04. The number of rotatable bonds is 4. The Balaban J connectivity index is 1.56. The number of carbonyl (C=O) groups excluding carboxylic acids is 1. The van der Waals surface area contributed by atoms with Crippen molar-refractivity contribution in [2.75, 3.05) is 20.1 Å². The first-order chi connectivity index (χ1) is 11.8. The second-order valence-electron chi connectivity index (χ2n) is 6.89. The van der Waals surface area contributed by atoms with E-state index in [-0.39, 0.29) is 24.4 Å². The first-order valence-electron chi connectivity index (χ1n) is 8.66. The molecule has 6 nitrogen and oxygen atoms in total. The van der Waals surface area contributed by atoms with Gasteiger partial charge >= 0.3 is 12.2 Å². The minimum Gasteiger partial charge on any atom is -0.334 e. The minimum atomic E-state index is -4.31. The van der Waals surface area contributed by atoms with Crippen LogP contribution in [0.3, 0.4) is 0 Å². The van der Waals surface area contributed by atoms with Gasteiger partial charge in [-0.15, -0.1) is 0 Å². The summed E-state index contributed by atoms with van der Waals surface area (Å²) in [5, 5.41) is 3.04. The second-order valence-corrected chi connectivity index (χ2v) is 6.89. The molecule has 0 unspecified atom stereocenters. The van der Waals surface area contributed by atoms with E-state index >= 15 is 0 Å². The van der Waals surface area contributed by atoms with E-state index in [4.69, 9.17) is 0 Å². The van der Waals surface area contributed by atoms with E-state index in [1.807, 2.05) is 0 Å². The number of imidazole rings is 1. The average Bonchev–Trinajstić information content (AvgIpc) is 3.13. The van der Waals surface area contributed by atoms with Gasteiger partial charge in [-0.2, -0.15) is 13.2 Å². The number of nitrogens with one attached hydrogen (secondary N) is 1. The summed E-state index contributed by atoms with van der Waals surface area (Å²) < 4.78 is 38.8. The lowest BCUT2D eigenvalue weighted by molar-refractivity contribution is -0.141. The summed E-state index contributed by atoms with van der Waals surface area (Å²) in [6.45, 7) is 1.02. The summed E-state index contributed by atoms with van der Waals surface area (Å²) >= 11 is 0. The van der Waals surface area contributed by atoms with E-state index in [1.165, 1.54) is 30.1 Å². The molecule has 2 fully saturated rings. The van der Waals surface area contributed by atoms with Gasteiger partial charge in [0.05, 0.1) is 6.54 Å². The fraction of sp³-hybridized carbons (Fsp3) is 0.750. The van der Waals surface area contributed by atoms with Crippen molar-refractivity contribution in [2.45, 2.75) is 57.0 Å². The van der Waals surface area contributed by atoms with Crippen LogP contribution < -0.4 is 5.32 Å². The topological polar surface area (TPSA) is 53.4 Å². The van der Waals surface area contributed by atoms with Crippen LogP contribution in [0.5, 0.6) is 0 Å². The summed E-state index contributed by atoms with van der Waals surface area (Å²) in [6, 6.07) is 0.238. The largest absolute Gasteiger partial charge is 0.406 e. The lowest BCUT2D eigenvalue weighted by Crippen LogP contribution is -2.50. The van der Waals surface area contributed by atoms with Gasteiger partial charge in [-0.25, -0.2) is 9.78 Å². The molecular weight excluding hydrogens is 335 g/mol. The predicted molar refractivity (Wildman–Crippen MR) is 85.9 cm³/mol. The molecule has 0 spiro atoms. The summed E-state index contributed by atoms with van der Waals surface area (Å²) in [7, 11) is 1.58. The molecule has 2 atom stereocenters. The van der Waals surface area contributed by atoms with E-state index in [1.54, 1.807) is 7.05 Å². The molecule has 0 aliphatic carbocycles. The first kappa shape index (κ1) is 18.0. The van der Waals surface area contributed by atoms with Crippen molar-refractivity contribution in [1.29, 1.82) is 0 Å². The summed E-state index contributed by atoms with van der Waals surface area (Å²) in [6.07, 6.45) is 2.69. The Kier molecular flexibility index (Phi) is 5.21. The fourth-order valence-corrected chi connectivity index (χ4v) is 3.80. The maximum atomic E-state index is 12.6. The van der Waals surface area contributed by atoms with Crippen LogP contribution in [-0.4, -0.2) is 63.8 Å². The lowest BCUT2D eigenvalue weighted by atomic mass is 9.99. The number of halogens is 3. The number of nitrogens with zero attached hydrogens (tertiary/aromatic N) is 4. The number of fused-ring (bicyclic) bond motifs is 1. The third-order valence-corrected chi connectivity index (χ3v) is 5.04. The van der Waals surface area contributed by atoms with Crippen molar-refractivity contribution >= 4 is 6.03 Å². The highest BCUT2D eigenvalue weighted by Gasteiger charge is 2.36. The summed E-state index contributed by atoms with van der Waals surface area (Å²) in [5.74, 6) is 0.223. The van der Waals surface area contributed by atoms with Crippen LogP contribution in [0.4, 0.5) is 18.0 Å². The van der Waals surface area contributed by atoms with Crippen LogP contribution in [0.2, 0.25) is 0 Å². The maximum absolute atomic E-state index is 12.6. The molecule has 2 aliphatic rings. The number of amides is 2. The van der Waals surface area contributed by atoms with Crippen LogP contribution >= 0.6 is 0 Å². The predicted octanol–water partition coefficient (Wildman–Crippen LogP) is 2.21. The second kappa shape index (κ2) is 7.23. The monoisotopic (exact) mass is 359 g/mol. The third kappa shape index (κ3) is 4.45. The van der Waals surface area contributed by atoms with Crippen LogP contribution in [0, 0.1) is 0 Å². The zero-order valence-corrected chi connectivity index (χ0v) is 14.3. The molecule has 25 heavy (non-hydrogen) atoms. The zero-order valence-electron chi connectivity index (χ0n) is 14.3. The number of alkyl halides is 3. The molecule has 0 aromatic carbocycles. The molecule has 140 valence electrons. The van der Waals surface area contributed by atoms with E-state index in [2.05, 4.69) is 15.2 Å². The van der Waals surface area contributed by atoms with Gasteiger partial charge in [0.15, 0.2) is 0 Å². The molecule has 2 saturated heterocycles. The van der Waals surface area contributed by atoms with Gasteiger partial charge in [0, 0.05) is 38.1 Å². The molecule has 9 heteroatoms. The van der Waals surface area contributed by atoms with Crippen molar-refractivity contribution < 1.29 is 18.0 Å². The first-order valence-corrected chi connectivity index (χ1v) is 8.66. The minimum absolute atomic E-state index is 0.0377. The summed E-state index contributed by atoms with van der Waals surface area (Å²) in [4.78, 5) is 20.2. The number of hydrogen-bond donors (Lipinski definition) is 1. The molecule has 1 N–H and O–H groups in total. The van der Waals surface area contributed by atoms with Crippen LogP contribution in [0.1, 0.15) is 31.5 Å². The van der Waals surface area contributed by atoms with Gasteiger partial charge in [0.25, 0.3) is 0 Å². The number of aromatic nitrogens is 2. The summed E-state index contributed by atoms with van der Waals surface area (Å²) in [5.41, 5.74) is 0. The highest BCUT2D eigenvalue weighted by molar-refractivity contribution is 5.74. The van der Waals surface area contributed by atoms with Gasteiger partial charge < -0.3 is 14.8 Å². The Morgan fingerprint density at radius 3 is 2.92 bits per heavy atom. The molecule has 2 aliphatic heterocycles. The number of urea groups is 1. The van der Waals surface area contributed by atoms with Gasteiger partial charge in [-0.3, -0.25) is 4.90 Å². The molecular formula is C16H24F3N5O. The van der Waals surface area contributed by atoms with Gasteiger partial charge in [-0.1, -0.05) is 6.42 Å². The number of piperidine rings is 1. The van der Waals surface area contributed by atoms with Crippen molar-refractivity contribution in [3.8, 4) is 0 Å². The van der Waals surface area contributed by atoms with Gasteiger partial charge in [0.1, 0.15) is 12.4 Å².